The molecule has 1 saturated carbocycles. The zero-order chi connectivity index (χ0) is 18.2. The number of nitrogens with zero attached hydrogens (tertiary/aromatic N) is 2. The monoisotopic (exact) mass is 366 g/mol. The summed E-state index contributed by atoms with van der Waals surface area (Å²) in [6, 6.07) is 0. The number of hydrogen-bond donors (Lipinski definition) is 0. The Morgan fingerprint density at radius 1 is 1.32 bits per heavy atom. The second-order valence-electron chi connectivity index (χ2n) is 7.62. The lowest BCUT2D eigenvalue weighted by Crippen LogP contribution is -2.38. The first-order chi connectivity index (χ1) is 11.7. The maximum Gasteiger partial charge on any atom is 0.339 e. The number of hydrogen-bond acceptors (Lipinski definition) is 5. The van der Waals surface area contributed by atoms with Crippen LogP contribution in [0.1, 0.15) is 40.0 Å². The van der Waals surface area contributed by atoms with E-state index in [-0.39, 0.29) is 17.8 Å². The van der Waals surface area contributed by atoms with Gasteiger partial charge in [-0.05, 0) is 42.7 Å². The van der Waals surface area contributed by atoms with E-state index in [1.165, 1.54) is 6.42 Å². The summed E-state index contributed by atoms with van der Waals surface area (Å²) in [7, 11) is -3.39. The van der Waals surface area contributed by atoms with Crippen LogP contribution in [-0.2, 0) is 19.6 Å². The minimum Gasteiger partial charge on any atom is -0.458 e. The highest BCUT2D eigenvalue weighted by atomic mass is 32.2. The summed E-state index contributed by atoms with van der Waals surface area (Å²) in [6.45, 7) is 6.86. The minimum absolute atomic E-state index is 0.0429. The van der Waals surface area contributed by atoms with Crippen molar-refractivity contribution >= 4 is 21.8 Å². The molecule has 25 heavy (non-hydrogen) atoms. The number of carbonyl (C=O) groups is 1. The Kier molecular flexibility index (Phi) is 5.04. The summed E-state index contributed by atoms with van der Waals surface area (Å²) in [5.74, 6) is 1.41. The van der Waals surface area contributed by atoms with Gasteiger partial charge in [0.2, 0.25) is 0 Å². The normalized spacial score (nSPS) is 31.2. The van der Waals surface area contributed by atoms with Crippen LogP contribution in [0.2, 0.25) is 0 Å². The highest BCUT2D eigenvalue weighted by Gasteiger charge is 2.34. The van der Waals surface area contributed by atoms with Crippen LogP contribution in [0.25, 0.3) is 0 Å². The fourth-order valence-corrected chi connectivity index (χ4v) is 4.75. The van der Waals surface area contributed by atoms with Gasteiger partial charge in [0.1, 0.15) is 11.9 Å². The van der Waals surface area contributed by atoms with Gasteiger partial charge in [0, 0.05) is 12.7 Å². The summed E-state index contributed by atoms with van der Waals surface area (Å²) in [4.78, 5) is 14.3. The third-order valence-corrected chi connectivity index (χ3v) is 6.44. The molecule has 0 amide bonds. The first-order valence-electron chi connectivity index (χ1n) is 8.95. The molecule has 0 radical (unpaired) electrons. The van der Waals surface area contributed by atoms with E-state index in [4.69, 9.17) is 4.74 Å². The molecule has 2 heterocycles. The largest absolute Gasteiger partial charge is 0.458 e. The molecule has 3 aliphatic rings. The molecule has 7 heteroatoms. The van der Waals surface area contributed by atoms with E-state index in [2.05, 4.69) is 25.2 Å². The second kappa shape index (κ2) is 6.94. The zero-order valence-electron chi connectivity index (χ0n) is 15.0. The minimum atomic E-state index is -3.39. The number of carbonyl (C=O) groups excluding carboxylic acids is 1. The standard InChI is InChI=1S/C18H26N2O4S/c1-12(2)15-6-4-13(3)10-16(15)24-18(21)14-5-7-17-19-25(22,23)9-8-20(17)11-14/h5,7,11-13,15-16H,4,6,8-10H2,1-3H3/t13-,15+,16+/m1/s1. The molecule has 6 nitrogen and oxygen atoms in total. The van der Waals surface area contributed by atoms with Crippen molar-refractivity contribution in [1.29, 1.82) is 0 Å². The lowest BCUT2D eigenvalue weighted by molar-refractivity contribution is -0.150. The van der Waals surface area contributed by atoms with E-state index in [9.17, 15) is 13.2 Å². The van der Waals surface area contributed by atoms with E-state index in [1.807, 2.05) is 0 Å². The maximum absolute atomic E-state index is 12.6. The lowest BCUT2D eigenvalue weighted by Gasteiger charge is -2.37. The van der Waals surface area contributed by atoms with Gasteiger partial charge in [-0.3, -0.25) is 0 Å². The molecule has 0 spiro atoms. The Bertz CT molecular complexity index is 736. The number of ether oxygens (including phenoxy) is 1. The van der Waals surface area contributed by atoms with Crippen molar-refractivity contribution in [2.24, 2.45) is 22.2 Å². The fraction of sp³-hybridized carbons (Fsp3) is 0.667. The molecular weight excluding hydrogens is 340 g/mol. The molecule has 138 valence electrons. The Morgan fingerprint density at radius 2 is 2.08 bits per heavy atom. The van der Waals surface area contributed by atoms with Crippen LogP contribution in [0, 0.1) is 17.8 Å². The summed E-state index contributed by atoms with van der Waals surface area (Å²) in [5, 5.41) is 0. The molecule has 0 aromatic rings. The lowest BCUT2D eigenvalue weighted by atomic mass is 9.75. The molecule has 0 aromatic heterocycles. The molecule has 0 bridgehead atoms. The van der Waals surface area contributed by atoms with Crippen LogP contribution in [-0.4, -0.2) is 43.5 Å². The van der Waals surface area contributed by atoms with E-state index in [0.29, 0.717) is 35.7 Å². The first kappa shape index (κ1) is 18.2. The Balaban J connectivity index is 1.72. The van der Waals surface area contributed by atoms with E-state index in [0.717, 1.165) is 12.8 Å². The van der Waals surface area contributed by atoms with Gasteiger partial charge < -0.3 is 9.64 Å². The van der Waals surface area contributed by atoms with Crippen molar-refractivity contribution in [1.82, 2.24) is 4.90 Å². The average Bonchev–Trinajstić information content (AvgIpc) is 2.53. The Morgan fingerprint density at radius 3 is 2.80 bits per heavy atom. The summed E-state index contributed by atoms with van der Waals surface area (Å²) < 4.78 is 32.7. The second-order valence-corrected chi connectivity index (χ2v) is 9.37. The Hall–Kier alpha value is -1.63. The number of fused-ring (bicyclic) bond motifs is 1. The van der Waals surface area contributed by atoms with Crippen molar-refractivity contribution in [2.75, 3.05) is 12.3 Å². The number of rotatable bonds is 3. The van der Waals surface area contributed by atoms with Crippen LogP contribution >= 0.6 is 0 Å². The van der Waals surface area contributed by atoms with Crippen LogP contribution in [0.15, 0.2) is 28.3 Å². The summed E-state index contributed by atoms with van der Waals surface area (Å²) in [5.41, 5.74) is 0.444. The van der Waals surface area contributed by atoms with E-state index < -0.39 is 10.0 Å². The maximum atomic E-state index is 12.6. The third-order valence-electron chi connectivity index (χ3n) is 5.28. The van der Waals surface area contributed by atoms with Gasteiger partial charge in [-0.15, -0.1) is 4.40 Å². The van der Waals surface area contributed by atoms with Gasteiger partial charge >= 0.3 is 5.97 Å². The van der Waals surface area contributed by atoms with E-state index >= 15 is 0 Å². The van der Waals surface area contributed by atoms with Gasteiger partial charge in [-0.1, -0.05) is 27.2 Å². The van der Waals surface area contributed by atoms with Crippen molar-refractivity contribution in [3.05, 3.63) is 23.9 Å². The molecule has 0 unspecified atom stereocenters. The van der Waals surface area contributed by atoms with Crippen molar-refractivity contribution in [3.8, 4) is 0 Å². The van der Waals surface area contributed by atoms with Crippen LogP contribution < -0.4 is 0 Å². The topological polar surface area (TPSA) is 76.0 Å². The van der Waals surface area contributed by atoms with Gasteiger partial charge in [0.15, 0.2) is 0 Å². The highest BCUT2D eigenvalue weighted by molar-refractivity contribution is 7.90. The van der Waals surface area contributed by atoms with Crippen LogP contribution in [0.3, 0.4) is 0 Å². The fourth-order valence-electron chi connectivity index (χ4n) is 3.78. The third kappa shape index (κ3) is 4.14. The number of esters is 1. The Labute approximate surface area is 149 Å². The molecule has 2 aliphatic heterocycles. The van der Waals surface area contributed by atoms with Gasteiger partial charge in [-0.25, -0.2) is 13.2 Å². The predicted molar refractivity (Wildman–Crippen MR) is 96.4 cm³/mol. The zero-order valence-corrected chi connectivity index (χ0v) is 15.8. The number of amidine groups is 1. The van der Waals surface area contributed by atoms with Gasteiger partial charge in [0.25, 0.3) is 10.0 Å². The summed E-state index contributed by atoms with van der Waals surface area (Å²) in [6.07, 6.45) is 7.93. The van der Waals surface area contributed by atoms with Gasteiger partial charge in [-0.2, -0.15) is 0 Å². The van der Waals surface area contributed by atoms with Crippen molar-refractivity contribution in [3.63, 3.8) is 0 Å². The summed E-state index contributed by atoms with van der Waals surface area (Å²) >= 11 is 0. The molecule has 3 atom stereocenters. The molecule has 3 rings (SSSR count). The molecule has 1 fully saturated rings. The quantitative estimate of drug-likeness (QED) is 0.717. The predicted octanol–water partition coefficient (Wildman–Crippen LogP) is 2.49. The van der Waals surface area contributed by atoms with Crippen molar-refractivity contribution < 1.29 is 17.9 Å². The first-order valence-corrected chi connectivity index (χ1v) is 10.6. The van der Waals surface area contributed by atoms with Crippen molar-refractivity contribution in [2.45, 2.75) is 46.1 Å². The molecular formula is C18H26N2O4S. The van der Waals surface area contributed by atoms with Gasteiger partial charge in [0.05, 0.1) is 11.3 Å². The number of sulfonamides is 1. The molecule has 0 aromatic carbocycles. The van der Waals surface area contributed by atoms with Crippen LogP contribution in [0.4, 0.5) is 0 Å². The smallest absolute Gasteiger partial charge is 0.339 e. The van der Waals surface area contributed by atoms with E-state index in [1.54, 1.807) is 23.3 Å². The molecule has 0 saturated heterocycles. The van der Waals surface area contributed by atoms with Crippen LogP contribution in [0.5, 0.6) is 0 Å². The molecule has 0 N–H and O–H groups in total. The highest BCUT2D eigenvalue weighted by Crippen LogP contribution is 2.35. The molecule has 1 aliphatic carbocycles. The average molecular weight is 366 g/mol. The SMILES string of the molecule is CC(C)[C@@H]1CC[C@@H](C)C[C@@H]1OC(=O)C1=CN2CCS(=O)(=O)N=C2C=C1.